The molecule has 1 saturated carbocycles. The molecule has 104 valence electrons. The van der Waals surface area contributed by atoms with Crippen molar-refractivity contribution in [3.05, 3.63) is 58.0 Å². The minimum atomic E-state index is -1.30. The summed E-state index contributed by atoms with van der Waals surface area (Å²) in [4.78, 5) is 22.8. The maximum absolute atomic E-state index is 13.6. The van der Waals surface area contributed by atoms with Gasteiger partial charge in [0.25, 0.3) is 0 Å². The van der Waals surface area contributed by atoms with Crippen molar-refractivity contribution in [2.24, 2.45) is 0 Å². The molecule has 1 heterocycles. The Labute approximate surface area is 113 Å². The molecule has 0 bridgehead atoms. The monoisotopic (exact) mass is 276 g/mol. The number of halogens is 1. The minimum Gasteiger partial charge on any atom is -0.478 e. The fraction of sp³-hybridized carbons (Fsp3) is 0.286. The molecule has 20 heavy (non-hydrogen) atoms. The first-order valence-electron chi connectivity index (χ1n) is 6.35. The summed E-state index contributed by atoms with van der Waals surface area (Å²) in [5, 5.41) is 8.76. The average Bonchev–Trinajstić information content (AvgIpc) is 3.16. The second-order valence-corrected chi connectivity index (χ2v) is 4.97. The molecule has 5 nitrogen and oxygen atoms in total. The molecule has 1 fully saturated rings. The van der Waals surface area contributed by atoms with Crippen molar-refractivity contribution in [2.75, 3.05) is 0 Å². The van der Waals surface area contributed by atoms with Crippen molar-refractivity contribution in [2.45, 2.75) is 25.4 Å². The van der Waals surface area contributed by atoms with Gasteiger partial charge in [0.05, 0.1) is 12.1 Å². The molecule has 2 aromatic rings. The van der Waals surface area contributed by atoms with Gasteiger partial charge in [0, 0.05) is 18.4 Å². The van der Waals surface area contributed by atoms with Gasteiger partial charge in [-0.25, -0.2) is 14.0 Å². The van der Waals surface area contributed by atoms with Gasteiger partial charge >= 0.3 is 11.7 Å². The largest absolute Gasteiger partial charge is 0.478 e. The Morgan fingerprint density at radius 3 is 2.70 bits per heavy atom. The van der Waals surface area contributed by atoms with Gasteiger partial charge in [0.2, 0.25) is 0 Å². The van der Waals surface area contributed by atoms with Crippen LogP contribution in [0.3, 0.4) is 0 Å². The predicted molar refractivity (Wildman–Crippen MR) is 69.4 cm³/mol. The van der Waals surface area contributed by atoms with E-state index < -0.39 is 11.8 Å². The van der Waals surface area contributed by atoms with Crippen LogP contribution in [-0.4, -0.2) is 20.2 Å². The third kappa shape index (κ3) is 2.24. The number of hydrogen-bond donors (Lipinski definition) is 1. The number of carboxylic acids is 1. The van der Waals surface area contributed by atoms with Crippen LogP contribution in [0, 0.1) is 5.82 Å². The van der Waals surface area contributed by atoms with E-state index in [0.29, 0.717) is 11.6 Å². The van der Waals surface area contributed by atoms with Crippen LogP contribution in [0.25, 0.3) is 0 Å². The number of aromatic carboxylic acids is 1. The molecule has 1 N–H and O–H groups in total. The molecule has 1 aliphatic carbocycles. The highest BCUT2D eigenvalue weighted by Gasteiger charge is 2.25. The van der Waals surface area contributed by atoms with Crippen molar-refractivity contribution in [3.63, 3.8) is 0 Å². The zero-order valence-electron chi connectivity index (χ0n) is 10.6. The molecule has 0 aliphatic heterocycles. The van der Waals surface area contributed by atoms with Crippen molar-refractivity contribution < 1.29 is 14.3 Å². The van der Waals surface area contributed by atoms with Gasteiger partial charge in [-0.05, 0) is 30.5 Å². The van der Waals surface area contributed by atoms with E-state index in [0.717, 1.165) is 18.9 Å². The average molecular weight is 276 g/mol. The summed E-state index contributed by atoms with van der Waals surface area (Å²) in [6, 6.07) is 4.20. The van der Waals surface area contributed by atoms with E-state index in [1.54, 1.807) is 17.0 Å². The quantitative estimate of drug-likeness (QED) is 0.927. The van der Waals surface area contributed by atoms with E-state index in [1.807, 2.05) is 0 Å². The Morgan fingerprint density at radius 2 is 2.10 bits per heavy atom. The molecule has 0 saturated heterocycles. The zero-order chi connectivity index (χ0) is 14.3. The summed E-state index contributed by atoms with van der Waals surface area (Å²) < 4.78 is 16.8. The van der Waals surface area contributed by atoms with Crippen LogP contribution in [-0.2, 0) is 6.54 Å². The van der Waals surface area contributed by atoms with Crippen LogP contribution in [0.1, 0.15) is 34.8 Å². The van der Waals surface area contributed by atoms with Crippen LogP contribution in [0.2, 0.25) is 0 Å². The second kappa shape index (κ2) is 4.63. The van der Waals surface area contributed by atoms with Gasteiger partial charge in [-0.15, -0.1) is 0 Å². The van der Waals surface area contributed by atoms with E-state index in [4.69, 9.17) is 5.11 Å². The molecule has 0 amide bonds. The minimum absolute atomic E-state index is 0.116. The second-order valence-electron chi connectivity index (χ2n) is 4.97. The van der Waals surface area contributed by atoms with Gasteiger partial charge in [-0.2, -0.15) is 0 Å². The van der Waals surface area contributed by atoms with Gasteiger partial charge in [-0.1, -0.05) is 6.07 Å². The fourth-order valence-electron chi connectivity index (χ4n) is 2.21. The van der Waals surface area contributed by atoms with Gasteiger partial charge in [0.1, 0.15) is 5.82 Å². The molecule has 3 rings (SSSR count). The lowest BCUT2D eigenvalue weighted by atomic mass is 10.1. The smallest absolute Gasteiger partial charge is 0.338 e. The van der Waals surface area contributed by atoms with Crippen LogP contribution in [0.5, 0.6) is 0 Å². The SMILES string of the molecule is O=C(O)c1ccc(Cn2ccn(C3CC3)c2=O)cc1F. The maximum Gasteiger partial charge on any atom is 0.338 e. The van der Waals surface area contributed by atoms with Crippen molar-refractivity contribution in [1.29, 1.82) is 0 Å². The predicted octanol–water partition coefficient (Wildman–Crippen LogP) is 1.87. The van der Waals surface area contributed by atoms with Crippen LogP contribution in [0.15, 0.2) is 35.4 Å². The highest BCUT2D eigenvalue weighted by Crippen LogP contribution is 2.33. The van der Waals surface area contributed by atoms with Crippen LogP contribution < -0.4 is 5.69 Å². The van der Waals surface area contributed by atoms with Crippen LogP contribution in [0.4, 0.5) is 4.39 Å². The molecule has 0 atom stereocenters. The third-order valence-electron chi connectivity index (χ3n) is 3.43. The highest BCUT2D eigenvalue weighted by molar-refractivity contribution is 5.87. The summed E-state index contributed by atoms with van der Waals surface area (Å²) in [6.07, 6.45) is 5.45. The van der Waals surface area contributed by atoms with Crippen molar-refractivity contribution in [3.8, 4) is 0 Å². The first-order chi connectivity index (χ1) is 9.56. The molecular formula is C14H13FN2O3. The maximum atomic E-state index is 13.6. The highest BCUT2D eigenvalue weighted by atomic mass is 19.1. The number of carboxylic acid groups (broad SMARTS) is 1. The lowest BCUT2D eigenvalue weighted by Gasteiger charge is -2.04. The Kier molecular flexibility index (Phi) is 2.93. The number of rotatable bonds is 4. The fourth-order valence-corrected chi connectivity index (χ4v) is 2.21. The van der Waals surface area contributed by atoms with E-state index in [-0.39, 0.29) is 17.8 Å². The summed E-state index contributed by atoms with van der Waals surface area (Å²) in [5.74, 6) is -2.09. The number of imidazole rings is 1. The normalized spacial score (nSPS) is 14.4. The van der Waals surface area contributed by atoms with Crippen LogP contribution >= 0.6 is 0 Å². The Hall–Kier alpha value is -2.37. The molecule has 1 aliphatic rings. The first kappa shape index (κ1) is 12.7. The lowest BCUT2D eigenvalue weighted by Crippen LogP contribution is -2.23. The summed E-state index contributed by atoms with van der Waals surface area (Å²) in [6.45, 7) is 0.232. The lowest BCUT2D eigenvalue weighted by molar-refractivity contribution is 0.0692. The van der Waals surface area contributed by atoms with Gasteiger partial charge in [0.15, 0.2) is 0 Å². The van der Waals surface area contributed by atoms with Crippen molar-refractivity contribution in [1.82, 2.24) is 9.13 Å². The van der Waals surface area contributed by atoms with Gasteiger partial charge in [-0.3, -0.25) is 9.13 Å². The number of hydrogen-bond acceptors (Lipinski definition) is 2. The number of aromatic nitrogens is 2. The molecule has 0 spiro atoms. The molecule has 0 radical (unpaired) electrons. The van der Waals surface area contributed by atoms with E-state index in [2.05, 4.69) is 0 Å². The number of benzene rings is 1. The Morgan fingerprint density at radius 1 is 1.35 bits per heavy atom. The molecule has 0 unspecified atom stereocenters. The first-order valence-corrected chi connectivity index (χ1v) is 6.35. The zero-order valence-corrected chi connectivity index (χ0v) is 10.6. The van der Waals surface area contributed by atoms with E-state index in [9.17, 15) is 14.0 Å². The van der Waals surface area contributed by atoms with Crippen molar-refractivity contribution >= 4 is 5.97 Å². The summed E-state index contributed by atoms with van der Waals surface area (Å²) >= 11 is 0. The molecule has 1 aromatic heterocycles. The summed E-state index contributed by atoms with van der Waals surface area (Å²) in [7, 11) is 0. The molecular weight excluding hydrogens is 263 g/mol. The standard InChI is InChI=1S/C14H13FN2O3/c15-12-7-9(1-4-11(12)13(18)19)8-16-5-6-17(14(16)20)10-2-3-10/h1,4-7,10H,2-3,8H2,(H,18,19). The molecule has 6 heteroatoms. The van der Waals surface area contributed by atoms with E-state index >= 15 is 0 Å². The van der Waals surface area contributed by atoms with E-state index in [1.165, 1.54) is 16.7 Å². The number of carbonyl (C=O) groups is 1. The Bertz CT molecular complexity index is 728. The number of nitrogens with zero attached hydrogens (tertiary/aromatic N) is 2. The topological polar surface area (TPSA) is 64.2 Å². The van der Waals surface area contributed by atoms with Gasteiger partial charge < -0.3 is 5.11 Å². The molecule has 1 aromatic carbocycles. The summed E-state index contributed by atoms with van der Waals surface area (Å²) in [5.41, 5.74) is 0.0787. The third-order valence-corrected chi connectivity index (χ3v) is 3.43. The Balaban J connectivity index is 1.86.